The number of benzene rings is 1. The highest BCUT2D eigenvalue weighted by Crippen LogP contribution is 2.41. The topological polar surface area (TPSA) is 50.4 Å². The molecule has 1 heterocycles. The average molecular weight is 304 g/mol. The second-order valence-corrected chi connectivity index (χ2v) is 6.08. The Morgan fingerprint density at radius 3 is 2.71 bits per heavy atom. The molecule has 0 spiro atoms. The van der Waals surface area contributed by atoms with Crippen molar-refractivity contribution >= 4 is 11.6 Å². The molecule has 1 aliphatic carbocycles. The molecule has 1 N–H and O–H groups in total. The highest BCUT2D eigenvalue weighted by molar-refractivity contribution is 6.30. The molecule has 1 aliphatic rings. The number of nitrogens with zero attached hydrogens (tertiary/aromatic N) is 3. The predicted octanol–water partition coefficient (Wildman–Crippen LogP) is 3.18. The molecule has 21 heavy (non-hydrogen) atoms. The Morgan fingerprint density at radius 2 is 2.00 bits per heavy atom. The summed E-state index contributed by atoms with van der Waals surface area (Å²) in [5.41, 5.74) is 2.55. The largest absolute Gasteiger partial charge is 0.427 e. The minimum Gasteiger partial charge on any atom is -0.427 e. The summed E-state index contributed by atoms with van der Waals surface area (Å²) in [5.74, 6) is 1.19. The van der Waals surface area contributed by atoms with Gasteiger partial charge in [-0.1, -0.05) is 23.7 Å². The minimum atomic E-state index is 0.518. The van der Waals surface area contributed by atoms with Gasteiger partial charge in [0.1, 0.15) is 0 Å². The van der Waals surface area contributed by atoms with Crippen molar-refractivity contribution in [3.63, 3.8) is 0 Å². The van der Waals surface area contributed by atoms with Crippen LogP contribution < -0.4 is 5.49 Å². The number of hydrogen-bond acceptors (Lipinski definition) is 3. The van der Waals surface area contributed by atoms with E-state index >= 15 is 0 Å². The van der Waals surface area contributed by atoms with E-state index in [0.29, 0.717) is 23.0 Å². The molecule has 1 saturated carbocycles. The second-order valence-electron chi connectivity index (χ2n) is 5.65. The molecule has 1 aromatic carbocycles. The van der Waals surface area contributed by atoms with Crippen molar-refractivity contribution < 1.29 is 5.21 Å². The third-order valence-corrected chi connectivity index (χ3v) is 4.34. The van der Waals surface area contributed by atoms with Crippen molar-refractivity contribution in [2.24, 2.45) is 10.9 Å². The van der Waals surface area contributed by atoms with Crippen LogP contribution in [-0.2, 0) is 0 Å². The van der Waals surface area contributed by atoms with Crippen LogP contribution in [0, 0.1) is 12.8 Å². The Morgan fingerprint density at radius 1 is 1.29 bits per heavy atom. The lowest BCUT2D eigenvalue weighted by molar-refractivity contribution is 0.162. The molecule has 3 rings (SSSR count). The summed E-state index contributed by atoms with van der Waals surface area (Å²) in [6, 6.07) is 8.10. The van der Waals surface area contributed by atoms with E-state index < -0.39 is 0 Å². The summed E-state index contributed by atoms with van der Waals surface area (Å²) in [7, 11) is 0. The SMILES string of the molecule is Cc1cncc(=NCC2CC(c3ccc(Cl)cc3)C2)n1O. The Bertz CT molecular complexity index is 687. The van der Waals surface area contributed by atoms with Gasteiger partial charge < -0.3 is 5.21 Å². The first-order chi connectivity index (χ1) is 10.1. The van der Waals surface area contributed by atoms with Crippen LogP contribution in [0.25, 0.3) is 0 Å². The molecular formula is C16H18ClN3O. The van der Waals surface area contributed by atoms with Gasteiger partial charge in [0.25, 0.3) is 0 Å². The van der Waals surface area contributed by atoms with Gasteiger partial charge in [-0.05, 0) is 49.3 Å². The maximum absolute atomic E-state index is 9.83. The first-order valence-electron chi connectivity index (χ1n) is 7.12. The van der Waals surface area contributed by atoms with Crippen molar-refractivity contribution in [2.45, 2.75) is 25.7 Å². The number of halogens is 1. The maximum atomic E-state index is 9.83. The minimum absolute atomic E-state index is 0.518. The molecule has 2 aromatic rings. The molecule has 0 unspecified atom stereocenters. The van der Waals surface area contributed by atoms with E-state index in [-0.39, 0.29) is 0 Å². The van der Waals surface area contributed by atoms with Crippen molar-refractivity contribution in [1.29, 1.82) is 0 Å². The molecule has 1 fully saturated rings. The van der Waals surface area contributed by atoms with E-state index in [1.807, 2.05) is 12.1 Å². The van der Waals surface area contributed by atoms with Crippen LogP contribution in [0.15, 0.2) is 41.7 Å². The summed E-state index contributed by atoms with van der Waals surface area (Å²) in [5, 5.41) is 10.6. The number of aromatic nitrogens is 2. The van der Waals surface area contributed by atoms with E-state index in [9.17, 15) is 5.21 Å². The van der Waals surface area contributed by atoms with Crippen LogP contribution in [0.4, 0.5) is 0 Å². The Balaban J connectivity index is 1.60. The third-order valence-electron chi connectivity index (χ3n) is 4.09. The van der Waals surface area contributed by atoms with Gasteiger partial charge in [0.05, 0.1) is 11.9 Å². The highest BCUT2D eigenvalue weighted by Gasteiger charge is 2.29. The first kappa shape index (κ1) is 14.1. The fourth-order valence-electron chi connectivity index (χ4n) is 2.72. The summed E-state index contributed by atoms with van der Waals surface area (Å²) >= 11 is 5.90. The fraction of sp³-hybridized carbons (Fsp3) is 0.375. The maximum Gasteiger partial charge on any atom is 0.182 e. The number of hydrogen-bond donors (Lipinski definition) is 1. The van der Waals surface area contributed by atoms with Crippen molar-refractivity contribution in [2.75, 3.05) is 6.54 Å². The van der Waals surface area contributed by atoms with Crippen LogP contribution in [0.1, 0.15) is 30.0 Å². The number of aryl methyl sites for hydroxylation is 1. The zero-order valence-corrected chi connectivity index (χ0v) is 12.7. The van der Waals surface area contributed by atoms with E-state index in [1.165, 1.54) is 5.56 Å². The third kappa shape index (κ3) is 3.10. The number of rotatable bonds is 3. The molecule has 110 valence electrons. The monoisotopic (exact) mass is 303 g/mol. The van der Waals surface area contributed by atoms with Gasteiger partial charge in [-0.2, -0.15) is 4.73 Å². The molecule has 0 atom stereocenters. The molecule has 4 nitrogen and oxygen atoms in total. The van der Waals surface area contributed by atoms with Crippen LogP contribution >= 0.6 is 11.6 Å². The summed E-state index contributed by atoms with van der Waals surface area (Å²) in [6.07, 6.45) is 5.47. The lowest BCUT2D eigenvalue weighted by atomic mass is 9.71. The molecule has 0 saturated heterocycles. The molecule has 1 aromatic heterocycles. The molecule has 0 amide bonds. The van der Waals surface area contributed by atoms with E-state index in [0.717, 1.165) is 29.1 Å². The van der Waals surface area contributed by atoms with Crippen LogP contribution in [0.3, 0.4) is 0 Å². The van der Waals surface area contributed by atoms with Gasteiger partial charge in [-0.3, -0.25) is 9.98 Å². The quantitative estimate of drug-likeness (QED) is 0.885. The van der Waals surface area contributed by atoms with E-state index in [4.69, 9.17) is 11.6 Å². The van der Waals surface area contributed by atoms with Gasteiger partial charge in [0.15, 0.2) is 5.49 Å². The molecule has 0 aliphatic heterocycles. The summed E-state index contributed by atoms with van der Waals surface area (Å²) < 4.78 is 1.09. The predicted molar refractivity (Wildman–Crippen MR) is 81.5 cm³/mol. The van der Waals surface area contributed by atoms with Crippen molar-refractivity contribution in [3.8, 4) is 0 Å². The molecule has 0 radical (unpaired) electrons. The van der Waals surface area contributed by atoms with E-state index in [2.05, 4.69) is 22.1 Å². The lowest BCUT2D eigenvalue weighted by Gasteiger charge is -2.34. The summed E-state index contributed by atoms with van der Waals surface area (Å²) in [6.45, 7) is 2.53. The van der Waals surface area contributed by atoms with E-state index in [1.54, 1.807) is 19.3 Å². The van der Waals surface area contributed by atoms with Crippen LogP contribution in [-0.4, -0.2) is 21.5 Å². The zero-order valence-electron chi connectivity index (χ0n) is 11.9. The lowest BCUT2D eigenvalue weighted by Crippen LogP contribution is -2.27. The van der Waals surface area contributed by atoms with Crippen LogP contribution in [0.2, 0.25) is 5.02 Å². The highest BCUT2D eigenvalue weighted by atomic mass is 35.5. The smallest absolute Gasteiger partial charge is 0.182 e. The molecular weight excluding hydrogens is 286 g/mol. The Kier molecular flexibility index (Phi) is 3.97. The Hall–Kier alpha value is -1.81. The zero-order chi connectivity index (χ0) is 14.8. The van der Waals surface area contributed by atoms with Crippen LogP contribution in [0.5, 0.6) is 0 Å². The molecule has 0 bridgehead atoms. The van der Waals surface area contributed by atoms with Gasteiger partial charge in [-0.15, -0.1) is 0 Å². The Labute approximate surface area is 128 Å². The van der Waals surface area contributed by atoms with Gasteiger partial charge in [0.2, 0.25) is 0 Å². The van der Waals surface area contributed by atoms with Crippen molar-refractivity contribution in [3.05, 3.63) is 58.4 Å². The summed E-state index contributed by atoms with van der Waals surface area (Å²) in [4.78, 5) is 8.51. The standard InChI is InChI=1S/C16H18ClN3O/c1-11-8-18-10-16(20(11)21)19-9-12-6-14(7-12)13-2-4-15(17)5-3-13/h2-5,8,10,12,14,21H,6-7,9H2,1H3. The normalized spacial score (nSPS) is 22.1. The first-order valence-corrected chi connectivity index (χ1v) is 7.50. The van der Waals surface area contributed by atoms with Crippen molar-refractivity contribution in [1.82, 2.24) is 9.71 Å². The average Bonchev–Trinajstić information content (AvgIpc) is 2.43. The fourth-order valence-corrected chi connectivity index (χ4v) is 2.85. The van der Waals surface area contributed by atoms with Gasteiger partial charge >= 0.3 is 0 Å². The van der Waals surface area contributed by atoms with Gasteiger partial charge in [-0.25, -0.2) is 0 Å². The molecule has 5 heteroatoms. The van der Waals surface area contributed by atoms with Gasteiger partial charge in [0, 0.05) is 17.8 Å². The second kappa shape index (κ2) is 5.90.